The lowest BCUT2D eigenvalue weighted by atomic mass is 9.98. The van der Waals surface area contributed by atoms with Crippen molar-refractivity contribution in [3.8, 4) is 0 Å². The molecule has 6 nitrogen and oxygen atoms in total. The van der Waals surface area contributed by atoms with Gasteiger partial charge in [-0.2, -0.15) is 0 Å². The SMILES string of the molecule is Cc1nc(C(C)(C)C)sc1C(=O)NC(CCOC(C)(C)C)C(=O)O. The number of hydrogen-bond acceptors (Lipinski definition) is 5. The molecule has 0 aromatic carbocycles. The number of rotatable bonds is 6. The van der Waals surface area contributed by atoms with Gasteiger partial charge in [-0.3, -0.25) is 4.79 Å². The molecule has 0 saturated heterocycles. The van der Waals surface area contributed by atoms with Crippen molar-refractivity contribution in [3.05, 3.63) is 15.6 Å². The number of aliphatic carboxylic acids is 1. The number of aromatic nitrogens is 1. The van der Waals surface area contributed by atoms with Gasteiger partial charge in [0.15, 0.2) is 0 Å². The number of nitrogens with one attached hydrogen (secondary N) is 1. The Balaban J connectivity index is 2.79. The maximum absolute atomic E-state index is 12.4. The van der Waals surface area contributed by atoms with E-state index in [-0.39, 0.29) is 24.0 Å². The van der Waals surface area contributed by atoms with E-state index in [0.29, 0.717) is 10.6 Å². The Labute approximate surface area is 147 Å². The van der Waals surface area contributed by atoms with E-state index in [1.807, 2.05) is 41.5 Å². The van der Waals surface area contributed by atoms with Crippen LogP contribution in [0.25, 0.3) is 0 Å². The standard InChI is InChI=1S/C17H28N2O4S/c1-10-12(24-15(18-10)16(2,3)4)13(20)19-11(14(21)22)8-9-23-17(5,6)7/h11H,8-9H2,1-7H3,(H,19,20)(H,21,22). The van der Waals surface area contributed by atoms with Gasteiger partial charge < -0.3 is 15.2 Å². The zero-order chi connectivity index (χ0) is 18.7. The lowest BCUT2D eigenvalue weighted by Crippen LogP contribution is -2.42. The minimum absolute atomic E-state index is 0.152. The maximum atomic E-state index is 12.4. The molecule has 2 N–H and O–H groups in total. The predicted molar refractivity (Wildman–Crippen MR) is 94.8 cm³/mol. The molecule has 0 bridgehead atoms. The zero-order valence-electron chi connectivity index (χ0n) is 15.5. The number of carboxylic acid groups (broad SMARTS) is 1. The molecule has 136 valence electrons. The number of aryl methyl sites for hydroxylation is 1. The molecule has 0 fully saturated rings. The summed E-state index contributed by atoms with van der Waals surface area (Å²) in [6.07, 6.45) is 0.211. The first-order valence-corrected chi connectivity index (χ1v) is 8.78. The molecule has 1 rings (SSSR count). The lowest BCUT2D eigenvalue weighted by molar-refractivity contribution is -0.140. The van der Waals surface area contributed by atoms with Gasteiger partial charge in [0.25, 0.3) is 5.91 Å². The van der Waals surface area contributed by atoms with Crippen molar-refractivity contribution >= 4 is 23.2 Å². The minimum Gasteiger partial charge on any atom is -0.480 e. The van der Waals surface area contributed by atoms with Crippen LogP contribution < -0.4 is 5.32 Å². The molecule has 1 amide bonds. The predicted octanol–water partition coefficient (Wildman–Crippen LogP) is 3.14. The third kappa shape index (κ3) is 6.20. The second kappa shape index (κ2) is 7.61. The van der Waals surface area contributed by atoms with Gasteiger partial charge in [-0.1, -0.05) is 20.8 Å². The van der Waals surface area contributed by atoms with Gasteiger partial charge >= 0.3 is 5.97 Å². The van der Waals surface area contributed by atoms with Crippen LogP contribution in [-0.4, -0.2) is 40.2 Å². The Morgan fingerprint density at radius 3 is 2.25 bits per heavy atom. The topological polar surface area (TPSA) is 88.5 Å². The third-order valence-corrected chi connectivity index (χ3v) is 4.77. The normalized spacial score (nSPS) is 13.6. The van der Waals surface area contributed by atoms with Gasteiger partial charge in [-0.15, -0.1) is 11.3 Å². The van der Waals surface area contributed by atoms with E-state index in [1.54, 1.807) is 6.92 Å². The van der Waals surface area contributed by atoms with Gasteiger partial charge in [0.05, 0.1) is 16.3 Å². The van der Waals surface area contributed by atoms with Crippen LogP contribution in [-0.2, 0) is 14.9 Å². The zero-order valence-corrected chi connectivity index (χ0v) is 16.3. The number of amides is 1. The van der Waals surface area contributed by atoms with Crippen LogP contribution in [0.5, 0.6) is 0 Å². The maximum Gasteiger partial charge on any atom is 0.326 e. The van der Waals surface area contributed by atoms with Crippen LogP contribution in [0, 0.1) is 6.92 Å². The number of thiazole rings is 1. The van der Waals surface area contributed by atoms with Gasteiger partial charge in [-0.25, -0.2) is 9.78 Å². The van der Waals surface area contributed by atoms with Gasteiger partial charge in [0.2, 0.25) is 0 Å². The Bertz CT molecular complexity index is 597. The van der Waals surface area contributed by atoms with Crippen LogP contribution in [0.1, 0.15) is 68.3 Å². The fourth-order valence-electron chi connectivity index (χ4n) is 1.89. The van der Waals surface area contributed by atoms with Crippen molar-refractivity contribution < 1.29 is 19.4 Å². The molecule has 1 atom stereocenters. The summed E-state index contributed by atoms with van der Waals surface area (Å²) in [6, 6.07) is -0.987. The highest BCUT2D eigenvalue weighted by atomic mass is 32.1. The van der Waals surface area contributed by atoms with E-state index < -0.39 is 17.9 Å². The van der Waals surface area contributed by atoms with Crippen molar-refractivity contribution in [1.82, 2.24) is 10.3 Å². The summed E-state index contributed by atoms with van der Waals surface area (Å²) in [5.41, 5.74) is 0.126. The summed E-state index contributed by atoms with van der Waals surface area (Å²) in [6.45, 7) is 13.8. The lowest BCUT2D eigenvalue weighted by Gasteiger charge is -2.21. The average molecular weight is 356 g/mol. The fourth-order valence-corrected chi connectivity index (χ4v) is 2.92. The molecule has 0 aliphatic heterocycles. The molecule has 0 aliphatic rings. The van der Waals surface area contributed by atoms with E-state index in [0.717, 1.165) is 5.01 Å². The van der Waals surface area contributed by atoms with Crippen LogP contribution >= 0.6 is 11.3 Å². The number of nitrogens with zero attached hydrogens (tertiary/aromatic N) is 1. The Morgan fingerprint density at radius 2 is 1.83 bits per heavy atom. The number of hydrogen-bond donors (Lipinski definition) is 2. The first-order chi connectivity index (χ1) is 10.8. The Hall–Kier alpha value is -1.47. The minimum atomic E-state index is -1.07. The van der Waals surface area contributed by atoms with Gasteiger partial charge in [0, 0.05) is 18.4 Å². The molecule has 0 saturated carbocycles. The third-order valence-electron chi connectivity index (χ3n) is 3.19. The monoisotopic (exact) mass is 356 g/mol. The van der Waals surface area contributed by atoms with Crippen molar-refractivity contribution in [2.45, 2.75) is 71.9 Å². The van der Waals surface area contributed by atoms with Crippen molar-refractivity contribution in [3.63, 3.8) is 0 Å². The van der Waals surface area contributed by atoms with Crippen LogP contribution in [0.4, 0.5) is 0 Å². The first-order valence-electron chi connectivity index (χ1n) is 7.97. The molecule has 0 spiro atoms. The smallest absolute Gasteiger partial charge is 0.326 e. The van der Waals surface area contributed by atoms with Gasteiger partial charge in [0.1, 0.15) is 10.9 Å². The quantitative estimate of drug-likeness (QED) is 0.817. The Morgan fingerprint density at radius 1 is 1.25 bits per heavy atom. The molecule has 7 heteroatoms. The summed E-state index contributed by atoms with van der Waals surface area (Å²) >= 11 is 1.31. The second-order valence-electron chi connectivity index (χ2n) is 7.80. The van der Waals surface area contributed by atoms with E-state index in [1.165, 1.54) is 11.3 Å². The number of ether oxygens (including phenoxy) is 1. The van der Waals surface area contributed by atoms with Crippen LogP contribution in [0.15, 0.2) is 0 Å². The molecule has 1 unspecified atom stereocenters. The molecule has 0 radical (unpaired) electrons. The van der Waals surface area contributed by atoms with Crippen LogP contribution in [0.2, 0.25) is 0 Å². The summed E-state index contributed by atoms with van der Waals surface area (Å²) in [7, 11) is 0. The molecule has 1 aromatic rings. The molecular formula is C17H28N2O4S. The van der Waals surface area contributed by atoms with E-state index in [2.05, 4.69) is 10.3 Å². The molecule has 24 heavy (non-hydrogen) atoms. The highest BCUT2D eigenvalue weighted by Gasteiger charge is 2.26. The average Bonchev–Trinajstić information content (AvgIpc) is 2.78. The largest absolute Gasteiger partial charge is 0.480 e. The number of carbonyl (C=O) groups excluding carboxylic acids is 1. The summed E-state index contributed by atoms with van der Waals surface area (Å²) < 4.78 is 5.55. The number of carboxylic acids is 1. The van der Waals surface area contributed by atoms with Crippen molar-refractivity contribution in [2.24, 2.45) is 0 Å². The van der Waals surface area contributed by atoms with Crippen molar-refractivity contribution in [1.29, 1.82) is 0 Å². The van der Waals surface area contributed by atoms with Crippen molar-refractivity contribution in [2.75, 3.05) is 6.61 Å². The second-order valence-corrected chi connectivity index (χ2v) is 8.80. The van der Waals surface area contributed by atoms with Crippen LogP contribution in [0.3, 0.4) is 0 Å². The summed E-state index contributed by atoms with van der Waals surface area (Å²) in [4.78, 5) is 28.7. The summed E-state index contributed by atoms with van der Waals surface area (Å²) in [5.74, 6) is -1.47. The summed E-state index contributed by atoms with van der Waals surface area (Å²) in [5, 5.41) is 12.8. The van der Waals surface area contributed by atoms with Gasteiger partial charge in [-0.05, 0) is 27.7 Å². The Kier molecular flexibility index (Phi) is 6.52. The highest BCUT2D eigenvalue weighted by molar-refractivity contribution is 7.14. The fraction of sp³-hybridized carbons (Fsp3) is 0.706. The highest BCUT2D eigenvalue weighted by Crippen LogP contribution is 2.29. The number of carbonyl (C=O) groups is 2. The van der Waals surface area contributed by atoms with E-state index >= 15 is 0 Å². The molecular weight excluding hydrogens is 328 g/mol. The molecule has 0 aliphatic carbocycles. The molecule has 1 heterocycles. The van der Waals surface area contributed by atoms with E-state index in [9.17, 15) is 14.7 Å². The van der Waals surface area contributed by atoms with E-state index in [4.69, 9.17) is 4.74 Å². The molecule has 1 aromatic heterocycles. The first kappa shape index (κ1) is 20.6.